The Bertz CT molecular complexity index is 925. The van der Waals surface area contributed by atoms with E-state index in [4.69, 9.17) is 5.73 Å². The van der Waals surface area contributed by atoms with E-state index in [1.54, 1.807) is 36.4 Å². The van der Waals surface area contributed by atoms with E-state index in [0.717, 1.165) is 17.1 Å². The molecule has 0 fully saturated rings. The lowest BCUT2D eigenvalue weighted by molar-refractivity contribution is 0.0998. The molecule has 1 aromatic heterocycles. The fourth-order valence-corrected chi connectivity index (χ4v) is 2.57. The minimum absolute atomic E-state index is 0.230. The average molecular weight is 334 g/mol. The molecule has 1 heterocycles. The summed E-state index contributed by atoms with van der Waals surface area (Å²) in [6.07, 6.45) is 0. The largest absolute Gasteiger partial charge is 0.366 e. The molecule has 0 saturated heterocycles. The number of rotatable bonds is 4. The molecular formula is C19H18N4O2. The Morgan fingerprint density at radius 3 is 2.08 bits per heavy atom. The third kappa shape index (κ3) is 3.58. The normalized spacial score (nSPS) is 10.5. The second-order valence-electron chi connectivity index (χ2n) is 5.78. The molecule has 2 aromatic carbocycles. The first-order valence-electron chi connectivity index (χ1n) is 7.79. The van der Waals surface area contributed by atoms with Gasteiger partial charge in [-0.2, -0.15) is 5.10 Å². The van der Waals surface area contributed by atoms with E-state index in [0.29, 0.717) is 16.8 Å². The van der Waals surface area contributed by atoms with Gasteiger partial charge in [0.15, 0.2) is 0 Å². The summed E-state index contributed by atoms with van der Waals surface area (Å²) in [5, 5.41) is 7.21. The summed E-state index contributed by atoms with van der Waals surface area (Å²) >= 11 is 0. The molecule has 0 unspecified atom stereocenters. The second kappa shape index (κ2) is 6.60. The van der Waals surface area contributed by atoms with E-state index >= 15 is 0 Å². The van der Waals surface area contributed by atoms with E-state index in [1.165, 1.54) is 0 Å². The standard InChI is InChI=1S/C19H18N4O2/c1-12-11-13(2)23(22-12)17-9-5-15(6-10-17)19(25)21-16-7-3-14(4-8-16)18(20)24/h3-11H,1-2H3,(H2,20,24)(H,21,25). The number of anilines is 1. The summed E-state index contributed by atoms with van der Waals surface area (Å²) in [7, 11) is 0. The van der Waals surface area contributed by atoms with Gasteiger partial charge in [0, 0.05) is 22.5 Å². The topological polar surface area (TPSA) is 90.0 Å². The van der Waals surface area contributed by atoms with E-state index in [-0.39, 0.29) is 5.91 Å². The summed E-state index contributed by atoms with van der Waals surface area (Å²) < 4.78 is 1.83. The maximum atomic E-state index is 12.3. The fraction of sp³-hybridized carbons (Fsp3) is 0.105. The number of carbonyl (C=O) groups excluding carboxylic acids is 2. The Kier molecular flexibility index (Phi) is 4.35. The number of primary amides is 1. The molecule has 0 saturated carbocycles. The van der Waals surface area contributed by atoms with Crippen molar-refractivity contribution in [2.24, 2.45) is 5.73 Å². The Morgan fingerprint density at radius 1 is 0.960 bits per heavy atom. The lowest BCUT2D eigenvalue weighted by atomic mass is 10.1. The van der Waals surface area contributed by atoms with Crippen LogP contribution in [0.1, 0.15) is 32.1 Å². The Hall–Kier alpha value is -3.41. The summed E-state index contributed by atoms with van der Waals surface area (Å²) in [5.74, 6) is -0.732. The Balaban J connectivity index is 1.74. The highest BCUT2D eigenvalue weighted by atomic mass is 16.2. The van der Waals surface area contributed by atoms with Gasteiger partial charge in [-0.05, 0) is 68.4 Å². The number of aryl methyl sites for hydroxylation is 2. The molecule has 3 rings (SSSR count). The third-order valence-corrected chi connectivity index (χ3v) is 3.81. The van der Waals surface area contributed by atoms with E-state index < -0.39 is 5.91 Å². The minimum Gasteiger partial charge on any atom is -0.366 e. The highest BCUT2D eigenvalue weighted by Crippen LogP contribution is 2.15. The quantitative estimate of drug-likeness (QED) is 0.769. The molecule has 0 spiro atoms. The summed E-state index contributed by atoms with van der Waals surface area (Å²) in [6.45, 7) is 3.92. The number of nitrogens with zero attached hydrogens (tertiary/aromatic N) is 2. The first-order chi connectivity index (χ1) is 11.9. The molecule has 3 aromatic rings. The van der Waals surface area contributed by atoms with Crippen LogP contribution in [-0.4, -0.2) is 21.6 Å². The Morgan fingerprint density at radius 2 is 1.56 bits per heavy atom. The van der Waals surface area contributed by atoms with Crippen LogP contribution in [0.4, 0.5) is 5.69 Å². The van der Waals surface area contributed by atoms with Gasteiger partial charge in [-0.15, -0.1) is 0 Å². The van der Waals surface area contributed by atoms with Gasteiger partial charge in [0.05, 0.1) is 11.4 Å². The molecule has 126 valence electrons. The third-order valence-electron chi connectivity index (χ3n) is 3.81. The van der Waals surface area contributed by atoms with Gasteiger partial charge in [-0.25, -0.2) is 4.68 Å². The van der Waals surface area contributed by atoms with Crippen molar-refractivity contribution in [2.45, 2.75) is 13.8 Å². The maximum absolute atomic E-state index is 12.3. The number of hydrogen-bond acceptors (Lipinski definition) is 3. The number of nitrogens with two attached hydrogens (primary N) is 1. The van der Waals surface area contributed by atoms with E-state index in [9.17, 15) is 9.59 Å². The maximum Gasteiger partial charge on any atom is 0.255 e. The summed E-state index contributed by atoms with van der Waals surface area (Å²) in [4.78, 5) is 23.4. The van der Waals surface area contributed by atoms with Crippen LogP contribution in [0.5, 0.6) is 0 Å². The van der Waals surface area contributed by atoms with Gasteiger partial charge in [-0.3, -0.25) is 9.59 Å². The molecule has 0 aliphatic heterocycles. The van der Waals surface area contributed by atoms with E-state index in [2.05, 4.69) is 10.4 Å². The first kappa shape index (κ1) is 16.4. The number of benzene rings is 2. The molecule has 25 heavy (non-hydrogen) atoms. The summed E-state index contributed by atoms with van der Waals surface area (Å²) in [5.41, 5.74) is 9.59. The van der Waals surface area contributed by atoms with Gasteiger partial charge in [0.25, 0.3) is 5.91 Å². The van der Waals surface area contributed by atoms with Gasteiger partial charge in [0.2, 0.25) is 5.91 Å². The van der Waals surface area contributed by atoms with Gasteiger partial charge in [0.1, 0.15) is 0 Å². The van der Waals surface area contributed by atoms with Crippen molar-refractivity contribution < 1.29 is 9.59 Å². The highest BCUT2D eigenvalue weighted by molar-refractivity contribution is 6.04. The van der Waals surface area contributed by atoms with Crippen molar-refractivity contribution in [1.29, 1.82) is 0 Å². The summed E-state index contributed by atoms with van der Waals surface area (Å²) in [6, 6.07) is 15.6. The van der Waals surface area contributed by atoms with Crippen molar-refractivity contribution in [3.63, 3.8) is 0 Å². The van der Waals surface area contributed by atoms with Crippen LogP contribution in [0.3, 0.4) is 0 Å². The van der Waals surface area contributed by atoms with Crippen molar-refractivity contribution in [1.82, 2.24) is 9.78 Å². The Labute approximate surface area is 145 Å². The predicted octanol–water partition coefficient (Wildman–Crippen LogP) is 2.84. The number of hydrogen-bond donors (Lipinski definition) is 2. The molecule has 6 heteroatoms. The van der Waals surface area contributed by atoms with Crippen LogP contribution in [0, 0.1) is 13.8 Å². The zero-order valence-electron chi connectivity index (χ0n) is 14.0. The zero-order valence-corrected chi connectivity index (χ0v) is 14.0. The monoisotopic (exact) mass is 334 g/mol. The number of amides is 2. The molecule has 0 aliphatic carbocycles. The van der Waals surface area contributed by atoms with Gasteiger partial charge < -0.3 is 11.1 Å². The van der Waals surface area contributed by atoms with Crippen molar-refractivity contribution in [3.05, 3.63) is 77.1 Å². The van der Waals surface area contributed by atoms with Crippen LogP contribution in [0.2, 0.25) is 0 Å². The molecule has 6 nitrogen and oxygen atoms in total. The molecule has 3 N–H and O–H groups in total. The average Bonchev–Trinajstić information content (AvgIpc) is 2.94. The van der Waals surface area contributed by atoms with Crippen molar-refractivity contribution >= 4 is 17.5 Å². The van der Waals surface area contributed by atoms with Crippen LogP contribution in [0.25, 0.3) is 5.69 Å². The zero-order chi connectivity index (χ0) is 18.0. The molecule has 0 aliphatic rings. The van der Waals surface area contributed by atoms with Gasteiger partial charge >= 0.3 is 0 Å². The number of nitrogens with one attached hydrogen (secondary N) is 1. The number of carbonyl (C=O) groups is 2. The molecule has 2 amide bonds. The SMILES string of the molecule is Cc1cc(C)n(-c2ccc(C(=O)Nc3ccc(C(N)=O)cc3)cc2)n1. The van der Waals surface area contributed by atoms with Crippen molar-refractivity contribution in [3.8, 4) is 5.69 Å². The number of aromatic nitrogens is 2. The highest BCUT2D eigenvalue weighted by Gasteiger charge is 2.09. The minimum atomic E-state index is -0.502. The van der Waals surface area contributed by atoms with Crippen molar-refractivity contribution in [2.75, 3.05) is 5.32 Å². The molecular weight excluding hydrogens is 316 g/mol. The predicted molar refractivity (Wildman–Crippen MR) is 96.0 cm³/mol. The first-order valence-corrected chi connectivity index (χ1v) is 7.79. The van der Waals surface area contributed by atoms with E-state index in [1.807, 2.05) is 36.7 Å². The van der Waals surface area contributed by atoms with Crippen LogP contribution in [-0.2, 0) is 0 Å². The van der Waals surface area contributed by atoms with Gasteiger partial charge in [-0.1, -0.05) is 0 Å². The van der Waals surface area contributed by atoms with Crippen LogP contribution < -0.4 is 11.1 Å². The lowest BCUT2D eigenvalue weighted by Crippen LogP contribution is -2.13. The van der Waals surface area contributed by atoms with Crippen LogP contribution in [0.15, 0.2) is 54.6 Å². The second-order valence-corrected chi connectivity index (χ2v) is 5.78. The van der Waals surface area contributed by atoms with Crippen LogP contribution >= 0.6 is 0 Å². The molecule has 0 radical (unpaired) electrons. The lowest BCUT2D eigenvalue weighted by Gasteiger charge is -2.08. The smallest absolute Gasteiger partial charge is 0.255 e. The molecule has 0 atom stereocenters. The molecule has 0 bridgehead atoms. The fourth-order valence-electron chi connectivity index (χ4n) is 2.57.